The molecule has 0 N–H and O–H groups in total. The maximum atomic E-state index is 5.18. The van der Waals surface area contributed by atoms with Gasteiger partial charge in [0.2, 0.25) is 5.69 Å². The van der Waals surface area contributed by atoms with Gasteiger partial charge in [0, 0.05) is 19.5 Å². The van der Waals surface area contributed by atoms with Gasteiger partial charge in [-0.05, 0) is 18.2 Å². The molecule has 0 aliphatic carbocycles. The van der Waals surface area contributed by atoms with Gasteiger partial charge < -0.3 is 9.05 Å². The smallest absolute Gasteiger partial charge is 0.247 e. The third-order valence-corrected chi connectivity index (χ3v) is 7.59. The summed E-state index contributed by atoms with van der Waals surface area (Å²) in [6.07, 6.45) is 1.09. The van der Waals surface area contributed by atoms with Crippen LogP contribution in [0.1, 0.15) is 20.3 Å². The van der Waals surface area contributed by atoms with E-state index in [0.29, 0.717) is 5.25 Å². The van der Waals surface area contributed by atoms with Crippen LogP contribution < -0.4 is 0 Å². The van der Waals surface area contributed by atoms with Crippen molar-refractivity contribution >= 4 is 28.9 Å². The summed E-state index contributed by atoms with van der Waals surface area (Å²) in [5.41, 5.74) is -2.00. The molecule has 1 atom stereocenters. The van der Waals surface area contributed by atoms with E-state index < -0.39 is 5.69 Å². The average Bonchev–Trinajstić information content (AvgIpc) is 2.04. The zero-order chi connectivity index (χ0) is 8.91. The van der Waals surface area contributed by atoms with E-state index in [9.17, 15) is 0 Å². The van der Waals surface area contributed by atoms with Gasteiger partial charge in [0.05, 0.1) is 0 Å². The second-order valence-electron chi connectivity index (χ2n) is 2.14. The van der Waals surface area contributed by atoms with E-state index in [1.165, 1.54) is 0 Å². The van der Waals surface area contributed by atoms with Gasteiger partial charge in [-0.3, -0.25) is 0 Å². The Morgan fingerprint density at radius 1 is 1.45 bits per heavy atom. The minimum absolute atomic E-state index is 0.515. The van der Waals surface area contributed by atoms with Crippen molar-refractivity contribution in [2.45, 2.75) is 25.5 Å². The first-order valence-corrected chi connectivity index (χ1v) is 7.60. The van der Waals surface area contributed by atoms with Gasteiger partial charge in [-0.2, -0.15) is 0 Å². The molecule has 0 fully saturated rings. The summed E-state index contributed by atoms with van der Waals surface area (Å²) in [5.74, 6) is 0. The highest BCUT2D eigenvalue weighted by Gasteiger charge is 2.18. The quantitative estimate of drug-likeness (QED) is 0.654. The lowest BCUT2D eigenvalue weighted by molar-refractivity contribution is 0.354. The van der Waals surface area contributed by atoms with Crippen LogP contribution in [0.3, 0.4) is 0 Å². The summed E-state index contributed by atoms with van der Waals surface area (Å²) in [6.45, 7) is 4.26. The molecule has 0 aromatic rings. The topological polar surface area (TPSA) is 18.5 Å². The highest BCUT2D eigenvalue weighted by molar-refractivity contribution is 8.68. The summed E-state index contributed by atoms with van der Waals surface area (Å²) in [6, 6.07) is 0. The van der Waals surface area contributed by atoms with E-state index >= 15 is 0 Å². The molecule has 0 aromatic heterocycles. The minimum atomic E-state index is -2.00. The summed E-state index contributed by atoms with van der Waals surface area (Å²) in [4.78, 5) is 0. The number of hydrogen-bond acceptors (Lipinski definition) is 4. The average molecular weight is 214 g/mol. The Morgan fingerprint density at radius 3 is 2.18 bits per heavy atom. The summed E-state index contributed by atoms with van der Waals surface area (Å²) >= 11 is 6.80. The molecule has 5 heteroatoms. The minimum Gasteiger partial charge on any atom is -0.325 e. The predicted molar refractivity (Wildman–Crippen MR) is 55.6 cm³/mol. The zero-order valence-corrected chi connectivity index (χ0v) is 9.89. The summed E-state index contributed by atoms with van der Waals surface area (Å²) in [7, 11) is 3.22. The molecule has 0 amide bonds. The van der Waals surface area contributed by atoms with Crippen molar-refractivity contribution in [3.05, 3.63) is 0 Å². The maximum absolute atomic E-state index is 5.18. The fraction of sp³-hybridized carbons (Fsp3) is 1.00. The zero-order valence-electron chi connectivity index (χ0n) is 7.36. The third-order valence-electron chi connectivity index (χ3n) is 1.33. The number of hydrogen-bond donors (Lipinski definition) is 0. The lowest BCUT2D eigenvalue weighted by Crippen LogP contribution is -1.94. The first-order valence-electron chi connectivity index (χ1n) is 3.48. The van der Waals surface area contributed by atoms with Gasteiger partial charge in [-0.15, -0.1) is 0 Å². The Labute approximate surface area is 78.0 Å². The fourth-order valence-corrected chi connectivity index (χ4v) is 4.97. The van der Waals surface area contributed by atoms with Crippen molar-refractivity contribution in [3.8, 4) is 0 Å². The Balaban J connectivity index is 3.97. The van der Waals surface area contributed by atoms with Crippen molar-refractivity contribution in [1.82, 2.24) is 0 Å². The molecule has 0 aliphatic rings. The van der Waals surface area contributed by atoms with Gasteiger partial charge in [-0.1, -0.05) is 25.2 Å². The predicted octanol–water partition coefficient (Wildman–Crippen LogP) is 3.04. The molecule has 68 valence electrons. The molecule has 0 heterocycles. The molecule has 0 aliphatic heterocycles. The maximum Gasteiger partial charge on any atom is 0.247 e. The Morgan fingerprint density at radius 2 is 1.91 bits per heavy atom. The summed E-state index contributed by atoms with van der Waals surface area (Å²) < 4.78 is 10.3. The van der Waals surface area contributed by atoms with E-state index in [0.717, 1.165) is 6.42 Å². The van der Waals surface area contributed by atoms with Crippen LogP contribution in [-0.4, -0.2) is 19.5 Å². The van der Waals surface area contributed by atoms with Gasteiger partial charge in [0.25, 0.3) is 0 Å². The first kappa shape index (κ1) is 11.9. The molecule has 1 unspecified atom stereocenters. The van der Waals surface area contributed by atoms with Crippen LogP contribution in [0.2, 0.25) is 0 Å². The molecule has 2 nitrogen and oxygen atoms in total. The van der Waals surface area contributed by atoms with Crippen LogP contribution in [0.4, 0.5) is 0 Å². The molecule has 11 heavy (non-hydrogen) atoms. The Kier molecular flexibility index (Phi) is 6.01. The van der Waals surface area contributed by atoms with Crippen molar-refractivity contribution in [1.29, 1.82) is 0 Å². The van der Waals surface area contributed by atoms with E-state index in [4.69, 9.17) is 20.9 Å². The lowest BCUT2D eigenvalue weighted by atomic mass is 10.4. The Hall–Kier alpha value is 0.920. The highest BCUT2D eigenvalue weighted by atomic mass is 32.9. The van der Waals surface area contributed by atoms with E-state index in [2.05, 4.69) is 13.8 Å². The van der Waals surface area contributed by atoms with Gasteiger partial charge in [0.1, 0.15) is 0 Å². The van der Waals surface area contributed by atoms with Gasteiger partial charge >= 0.3 is 0 Å². The van der Waals surface area contributed by atoms with Crippen LogP contribution in [0, 0.1) is 0 Å². The SMILES string of the molecule is CCC(C)SP(=S)(OC)OC. The molecule has 0 spiro atoms. The first-order chi connectivity index (χ1) is 5.08. The summed E-state index contributed by atoms with van der Waals surface area (Å²) in [5, 5.41) is 0.515. The van der Waals surface area contributed by atoms with Crippen LogP contribution in [0.25, 0.3) is 0 Å². The van der Waals surface area contributed by atoms with Crippen LogP contribution in [0.15, 0.2) is 0 Å². The Bertz CT molecular complexity index is 144. The number of rotatable bonds is 5. The van der Waals surface area contributed by atoms with Crippen molar-refractivity contribution < 1.29 is 9.05 Å². The van der Waals surface area contributed by atoms with E-state index in [1.807, 2.05) is 0 Å². The van der Waals surface area contributed by atoms with Gasteiger partial charge in [0.15, 0.2) is 0 Å². The molecule has 0 saturated heterocycles. The molecule has 0 saturated carbocycles. The molecule has 0 rings (SSSR count). The molecule has 0 radical (unpaired) electrons. The van der Waals surface area contributed by atoms with Crippen LogP contribution >= 0.6 is 17.1 Å². The second kappa shape index (κ2) is 5.55. The third kappa shape index (κ3) is 4.48. The lowest BCUT2D eigenvalue weighted by Gasteiger charge is -2.19. The molecular weight excluding hydrogens is 199 g/mol. The monoisotopic (exact) mass is 214 g/mol. The molecular formula is C6H15O2PS2. The van der Waals surface area contributed by atoms with E-state index in [-0.39, 0.29) is 0 Å². The largest absolute Gasteiger partial charge is 0.325 e. The van der Waals surface area contributed by atoms with Crippen molar-refractivity contribution in [3.63, 3.8) is 0 Å². The van der Waals surface area contributed by atoms with E-state index in [1.54, 1.807) is 25.6 Å². The van der Waals surface area contributed by atoms with Crippen LogP contribution in [0.5, 0.6) is 0 Å². The fourth-order valence-electron chi connectivity index (χ4n) is 0.456. The molecule has 0 bridgehead atoms. The highest BCUT2D eigenvalue weighted by Crippen LogP contribution is 2.61. The van der Waals surface area contributed by atoms with Crippen molar-refractivity contribution in [2.24, 2.45) is 0 Å². The second-order valence-corrected chi connectivity index (χ2v) is 8.99. The van der Waals surface area contributed by atoms with Crippen molar-refractivity contribution in [2.75, 3.05) is 14.2 Å². The normalized spacial score (nSPS) is 14.9. The van der Waals surface area contributed by atoms with Gasteiger partial charge in [-0.25, -0.2) is 0 Å². The van der Waals surface area contributed by atoms with Crippen LogP contribution in [-0.2, 0) is 20.9 Å². The standard InChI is InChI=1S/C6H15O2PS2/c1-5-6(2)11-9(10,7-3)8-4/h6H,5H2,1-4H3. The molecule has 0 aromatic carbocycles.